The molecule has 2 N–H and O–H groups in total. The number of anilines is 1. The molecule has 1 aromatic carbocycles. The minimum absolute atomic E-state index is 0.0946. The molecule has 1 aromatic rings. The smallest absolute Gasteiger partial charge is 0.340 e. The molecule has 0 aliphatic carbocycles. The molecule has 1 fully saturated rings. The molecule has 0 spiro atoms. The number of hydrogen-bond acceptors (Lipinski definition) is 5. The summed E-state index contributed by atoms with van der Waals surface area (Å²) in [6.45, 7) is 0.398. The van der Waals surface area contributed by atoms with E-state index in [4.69, 9.17) is 15.2 Å². The van der Waals surface area contributed by atoms with E-state index < -0.39 is 5.97 Å². The van der Waals surface area contributed by atoms with Gasteiger partial charge in [0.05, 0.1) is 25.5 Å². The van der Waals surface area contributed by atoms with E-state index in [1.807, 2.05) is 0 Å². The molecule has 1 aliphatic heterocycles. The molecule has 102 valence electrons. The summed E-state index contributed by atoms with van der Waals surface area (Å²) in [6.07, 6.45) is 0.284. The predicted octanol–water partition coefficient (Wildman–Crippen LogP) is 0.546. The van der Waals surface area contributed by atoms with Crippen LogP contribution < -0.4 is 15.4 Å². The molecule has 1 atom stereocenters. The summed E-state index contributed by atoms with van der Waals surface area (Å²) < 4.78 is 9.81. The lowest BCUT2D eigenvalue weighted by Crippen LogP contribution is -2.29. The number of hydrogen-bond donors (Lipinski definition) is 1. The Morgan fingerprint density at radius 1 is 1.42 bits per heavy atom. The average molecular weight is 264 g/mol. The second kappa shape index (κ2) is 5.27. The number of nitrogens with two attached hydrogens (primary N) is 1. The number of nitrogens with zero attached hydrogens (tertiary/aromatic N) is 1. The molecule has 0 bridgehead atoms. The number of benzene rings is 1. The monoisotopic (exact) mass is 264 g/mol. The van der Waals surface area contributed by atoms with Crippen LogP contribution in [-0.2, 0) is 9.53 Å². The molecule has 1 heterocycles. The van der Waals surface area contributed by atoms with E-state index in [1.165, 1.54) is 19.1 Å². The minimum atomic E-state index is -0.512. The third kappa shape index (κ3) is 2.53. The predicted molar refractivity (Wildman–Crippen MR) is 69.3 cm³/mol. The SMILES string of the molecule is COC(=O)c1cc(OC)ccc1N1CC(N)CC1=O. The Balaban J connectivity index is 2.44. The largest absolute Gasteiger partial charge is 0.497 e. The van der Waals surface area contributed by atoms with Gasteiger partial charge in [0.1, 0.15) is 5.75 Å². The second-order valence-electron chi connectivity index (χ2n) is 4.34. The van der Waals surface area contributed by atoms with Crippen molar-refractivity contribution in [3.8, 4) is 5.75 Å². The van der Waals surface area contributed by atoms with Gasteiger partial charge in [0.25, 0.3) is 0 Å². The molecule has 1 saturated heterocycles. The third-order valence-corrected chi connectivity index (χ3v) is 3.05. The van der Waals surface area contributed by atoms with E-state index in [-0.39, 0.29) is 18.4 Å². The molecule has 1 unspecified atom stereocenters. The fraction of sp³-hybridized carbons (Fsp3) is 0.385. The van der Waals surface area contributed by atoms with Gasteiger partial charge in [-0.1, -0.05) is 0 Å². The van der Waals surface area contributed by atoms with Crippen molar-refractivity contribution in [2.24, 2.45) is 5.73 Å². The standard InChI is InChI=1S/C13H16N2O4/c1-18-9-3-4-11(10(6-9)13(17)19-2)15-7-8(14)5-12(15)16/h3-4,6,8H,5,7,14H2,1-2H3. The lowest BCUT2D eigenvalue weighted by atomic mass is 10.1. The number of carbonyl (C=O) groups excluding carboxylic acids is 2. The van der Waals surface area contributed by atoms with Gasteiger partial charge in [-0.3, -0.25) is 4.79 Å². The van der Waals surface area contributed by atoms with Gasteiger partial charge in [-0.15, -0.1) is 0 Å². The molecule has 19 heavy (non-hydrogen) atoms. The van der Waals surface area contributed by atoms with Crippen LogP contribution in [0.5, 0.6) is 5.75 Å². The second-order valence-corrected chi connectivity index (χ2v) is 4.34. The Labute approximate surface area is 111 Å². The van der Waals surface area contributed by atoms with Gasteiger partial charge in [-0.25, -0.2) is 4.79 Å². The highest BCUT2D eigenvalue weighted by Crippen LogP contribution is 2.29. The number of esters is 1. The molecule has 2 rings (SSSR count). The zero-order chi connectivity index (χ0) is 14.0. The van der Waals surface area contributed by atoms with Gasteiger partial charge in [-0.05, 0) is 18.2 Å². The summed E-state index contributed by atoms with van der Waals surface area (Å²) in [7, 11) is 2.80. The van der Waals surface area contributed by atoms with Crippen LogP contribution in [0.2, 0.25) is 0 Å². The maximum absolute atomic E-state index is 11.9. The quantitative estimate of drug-likeness (QED) is 0.806. The van der Waals surface area contributed by atoms with Crippen LogP contribution in [0, 0.1) is 0 Å². The van der Waals surface area contributed by atoms with Gasteiger partial charge in [0.15, 0.2) is 0 Å². The fourth-order valence-electron chi connectivity index (χ4n) is 2.12. The maximum atomic E-state index is 11.9. The van der Waals surface area contributed by atoms with E-state index in [1.54, 1.807) is 18.2 Å². The molecule has 0 radical (unpaired) electrons. The first kappa shape index (κ1) is 13.4. The molecule has 0 aromatic heterocycles. The lowest BCUT2D eigenvalue weighted by molar-refractivity contribution is -0.117. The third-order valence-electron chi connectivity index (χ3n) is 3.05. The first-order valence-electron chi connectivity index (χ1n) is 5.89. The van der Waals surface area contributed by atoms with Crippen molar-refractivity contribution < 1.29 is 19.1 Å². The number of rotatable bonds is 3. The highest BCUT2D eigenvalue weighted by Gasteiger charge is 2.31. The summed E-state index contributed by atoms with van der Waals surface area (Å²) in [5.74, 6) is -0.0786. The number of methoxy groups -OCH3 is 2. The minimum Gasteiger partial charge on any atom is -0.497 e. The van der Waals surface area contributed by atoms with Crippen LogP contribution in [0.4, 0.5) is 5.69 Å². The van der Waals surface area contributed by atoms with Gasteiger partial charge < -0.3 is 20.1 Å². The van der Waals surface area contributed by atoms with Crippen molar-refractivity contribution in [2.45, 2.75) is 12.5 Å². The van der Waals surface area contributed by atoms with Crippen molar-refractivity contribution in [3.63, 3.8) is 0 Å². The molecule has 6 nitrogen and oxygen atoms in total. The fourth-order valence-corrected chi connectivity index (χ4v) is 2.12. The number of carbonyl (C=O) groups is 2. The zero-order valence-electron chi connectivity index (χ0n) is 10.9. The Morgan fingerprint density at radius 2 is 2.16 bits per heavy atom. The molecular weight excluding hydrogens is 248 g/mol. The molecule has 6 heteroatoms. The molecule has 1 aliphatic rings. The topological polar surface area (TPSA) is 81.9 Å². The Morgan fingerprint density at radius 3 is 2.68 bits per heavy atom. The van der Waals surface area contributed by atoms with Crippen molar-refractivity contribution in [2.75, 3.05) is 25.7 Å². The zero-order valence-corrected chi connectivity index (χ0v) is 10.9. The Hall–Kier alpha value is -2.08. The highest BCUT2D eigenvalue weighted by molar-refractivity contribution is 6.04. The molecular formula is C13H16N2O4. The van der Waals surface area contributed by atoms with E-state index in [9.17, 15) is 9.59 Å². The summed E-state index contributed by atoms with van der Waals surface area (Å²) >= 11 is 0. The maximum Gasteiger partial charge on any atom is 0.340 e. The summed E-state index contributed by atoms with van der Waals surface area (Å²) in [6, 6.07) is 4.71. The summed E-state index contributed by atoms with van der Waals surface area (Å²) in [4.78, 5) is 25.2. The lowest BCUT2D eigenvalue weighted by Gasteiger charge is -2.19. The van der Waals surface area contributed by atoms with Crippen LogP contribution in [-0.4, -0.2) is 38.7 Å². The van der Waals surface area contributed by atoms with E-state index in [0.717, 1.165) is 0 Å². The van der Waals surface area contributed by atoms with E-state index >= 15 is 0 Å². The average Bonchev–Trinajstić information content (AvgIpc) is 2.76. The van der Waals surface area contributed by atoms with E-state index in [0.29, 0.717) is 23.5 Å². The highest BCUT2D eigenvalue weighted by atomic mass is 16.5. The Bertz CT molecular complexity index is 515. The van der Waals surface area contributed by atoms with Gasteiger partial charge in [0, 0.05) is 19.0 Å². The van der Waals surface area contributed by atoms with Gasteiger partial charge in [-0.2, -0.15) is 0 Å². The van der Waals surface area contributed by atoms with Crippen LogP contribution in [0.15, 0.2) is 18.2 Å². The summed E-state index contributed by atoms with van der Waals surface area (Å²) in [5.41, 5.74) is 6.57. The first-order chi connectivity index (χ1) is 9.06. The van der Waals surface area contributed by atoms with Crippen LogP contribution in [0.1, 0.15) is 16.8 Å². The first-order valence-corrected chi connectivity index (χ1v) is 5.89. The molecule has 1 amide bonds. The van der Waals surface area contributed by atoms with E-state index in [2.05, 4.69) is 0 Å². The van der Waals surface area contributed by atoms with Crippen LogP contribution in [0.25, 0.3) is 0 Å². The van der Waals surface area contributed by atoms with Crippen molar-refractivity contribution >= 4 is 17.6 Å². The molecule has 0 saturated carbocycles. The number of amides is 1. The summed E-state index contributed by atoms with van der Waals surface area (Å²) in [5, 5.41) is 0. The van der Waals surface area contributed by atoms with Crippen LogP contribution in [0.3, 0.4) is 0 Å². The Kier molecular flexibility index (Phi) is 3.71. The van der Waals surface area contributed by atoms with Crippen molar-refractivity contribution in [1.29, 1.82) is 0 Å². The van der Waals surface area contributed by atoms with Gasteiger partial charge >= 0.3 is 5.97 Å². The van der Waals surface area contributed by atoms with Gasteiger partial charge in [0.2, 0.25) is 5.91 Å². The van der Waals surface area contributed by atoms with Crippen molar-refractivity contribution in [1.82, 2.24) is 0 Å². The van der Waals surface area contributed by atoms with Crippen molar-refractivity contribution in [3.05, 3.63) is 23.8 Å². The van der Waals surface area contributed by atoms with Crippen LogP contribution >= 0.6 is 0 Å². The normalized spacial score (nSPS) is 18.6. The number of ether oxygens (including phenoxy) is 2.